The maximum absolute atomic E-state index is 12.1. The number of rotatable bonds is 5. The van der Waals surface area contributed by atoms with E-state index in [1.54, 1.807) is 12.1 Å². The summed E-state index contributed by atoms with van der Waals surface area (Å²) in [6, 6.07) is 10.8. The van der Waals surface area contributed by atoms with Crippen LogP contribution in [0.15, 0.2) is 51.1 Å². The van der Waals surface area contributed by atoms with Crippen LogP contribution >= 0.6 is 22.9 Å². The molecule has 0 aliphatic heterocycles. The summed E-state index contributed by atoms with van der Waals surface area (Å²) in [4.78, 5) is 24.6. The largest absolute Gasteiger partial charge is 0.442 e. The number of thiophene rings is 1. The van der Waals surface area contributed by atoms with Crippen LogP contribution in [0.4, 0.5) is 0 Å². The maximum atomic E-state index is 12.1. The van der Waals surface area contributed by atoms with Crippen LogP contribution in [-0.4, -0.2) is 15.6 Å². The van der Waals surface area contributed by atoms with Crippen molar-refractivity contribution in [2.45, 2.75) is 13.1 Å². The highest BCUT2D eigenvalue weighted by atomic mass is 35.5. The molecule has 0 aliphatic carbocycles. The topological polar surface area (TPSA) is 77.1 Å². The average molecular weight is 350 g/mol. The van der Waals surface area contributed by atoms with Gasteiger partial charge < -0.3 is 5.32 Å². The molecule has 0 spiro atoms. The smallest absolute Gasteiger partial charge is 0.350 e. The molecule has 8 heteroatoms. The second-order valence-electron chi connectivity index (χ2n) is 4.74. The summed E-state index contributed by atoms with van der Waals surface area (Å²) in [6.07, 6.45) is 0. The molecule has 0 bridgehead atoms. The third-order valence-electron chi connectivity index (χ3n) is 3.11. The molecule has 0 saturated heterocycles. The number of carbonyl (C=O) groups excluding carboxylic acids is 1. The van der Waals surface area contributed by atoms with Crippen molar-refractivity contribution in [1.29, 1.82) is 0 Å². The zero-order chi connectivity index (χ0) is 16.2. The van der Waals surface area contributed by atoms with E-state index >= 15 is 0 Å². The summed E-state index contributed by atoms with van der Waals surface area (Å²) in [5.41, 5.74) is 0.877. The third-order valence-corrected chi connectivity index (χ3v) is 4.21. The molecule has 0 radical (unpaired) electrons. The normalized spacial score (nSPS) is 10.7. The van der Waals surface area contributed by atoms with Gasteiger partial charge in [0.15, 0.2) is 5.82 Å². The Morgan fingerprint density at radius 2 is 2.22 bits per heavy atom. The van der Waals surface area contributed by atoms with E-state index in [0.29, 0.717) is 17.4 Å². The Morgan fingerprint density at radius 1 is 1.35 bits per heavy atom. The predicted molar refractivity (Wildman–Crippen MR) is 87.4 cm³/mol. The van der Waals surface area contributed by atoms with Crippen LogP contribution in [0, 0.1) is 0 Å². The van der Waals surface area contributed by atoms with E-state index in [4.69, 9.17) is 11.6 Å². The van der Waals surface area contributed by atoms with Crippen LogP contribution in [0.3, 0.4) is 0 Å². The Morgan fingerprint density at radius 3 is 2.96 bits per heavy atom. The van der Waals surface area contributed by atoms with E-state index in [1.165, 1.54) is 15.9 Å². The molecule has 1 N–H and O–H groups in total. The first-order chi connectivity index (χ1) is 11.1. The Kier molecular flexibility index (Phi) is 4.59. The highest BCUT2D eigenvalue weighted by molar-refractivity contribution is 7.13. The van der Waals surface area contributed by atoms with Crippen molar-refractivity contribution in [1.82, 2.24) is 15.0 Å². The number of hydrogen-bond acceptors (Lipinski definition) is 5. The molecule has 0 atom stereocenters. The molecule has 2 heterocycles. The second-order valence-corrected chi connectivity index (χ2v) is 6.13. The lowest BCUT2D eigenvalue weighted by Crippen LogP contribution is -2.30. The van der Waals surface area contributed by atoms with E-state index in [2.05, 4.69) is 15.0 Å². The van der Waals surface area contributed by atoms with Crippen molar-refractivity contribution in [3.05, 3.63) is 62.9 Å². The highest BCUT2D eigenvalue weighted by Gasteiger charge is 2.16. The lowest BCUT2D eigenvalue weighted by atomic mass is 10.2. The summed E-state index contributed by atoms with van der Waals surface area (Å²) in [5, 5.41) is 8.93. The Hall–Kier alpha value is -2.38. The lowest BCUT2D eigenvalue weighted by molar-refractivity contribution is -0.121. The molecule has 1 amide bonds. The molecular weight excluding hydrogens is 338 g/mol. The molecule has 0 aliphatic rings. The monoisotopic (exact) mass is 349 g/mol. The van der Waals surface area contributed by atoms with Gasteiger partial charge >= 0.3 is 5.76 Å². The van der Waals surface area contributed by atoms with Gasteiger partial charge in [-0.05, 0) is 29.1 Å². The average Bonchev–Trinajstić information content (AvgIpc) is 3.16. The summed E-state index contributed by atoms with van der Waals surface area (Å²) in [6.45, 7) is 0.171. The van der Waals surface area contributed by atoms with Crippen molar-refractivity contribution in [3.63, 3.8) is 0 Å². The summed E-state index contributed by atoms with van der Waals surface area (Å²) in [5.74, 6) is -0.623. The molecule has 1 aromatic carbocycles. The minimum Gasteiger partial charge on any atom is -0.350 e. The standard InChI is InChI=1S/C15H12ClN3O3S/c16-11-4-1-3-10(7-11)8-17-13(20)9-19-14(18-22-15(19)21)12-5-2-6-23-12/h1-7H,8-9H2,(H,17,20). The second kappa shape index (κ2) is 6.80. The van der Waals surface area contributed by atoms with E-state index in [9.17, 15) is 9.59 Å². The van der Waals surface area contributed by atoms with Crippen LogP contribution in [0.2, 0.25) is 5.02 Å². The number of nitrogens with zero attached hydrogens (tertiary/aromatic N) is 2. The van der Waals surface area contributed by atoms with Gasteiger partial charge in [0.2, 0.25) is 5.91 Å². The number of halogens is 1. The zero-order valence-electron chi connectivity index (χ0n) is 11.9. The lowest BCUT2D eigenvalue weighted by Gasteiger charge is -2.06. The van der Waals surface area contributed by atoms with E-state index < -0.39 is 5.76 Å². The minimum atomic E-state index is -0.661. The highest BCUT2D eigenvalue weighted by Crippen LogP contribution is 2.21. The number of hydrogen-bond donors (Lipinski definition) is 1. The summed E-state index contributed by atoms with van der Waals surface area (Å²) < 4.78 is 5.87. The van der Waals surface area contributed by atoms with Gasteiger partial charge in [-0.1, -0.05) is 35.0 Å². The number of aromatic nitrogens is 2. The predicted octanol–water partition coefficient (Wildman–Crippen LogP) is 2.53. The van der Waals surface area contributed by atoms with Crippen LogP contribution in [0.1, 0.15) is 5.56 Å². The number of amides is 1. The maximum Gasteiger partial charge on any atom is 0.442 e. The van der Waals surface area contributed by atoms with Gasteiger partial charge in [0, 0.05) is 11.6 Å². The fourth-order valence-electron chi connectivity index (χ4n) is 2.04. The molecule has 23 heavy (non-hydrogen) atoms. The van der Waals surface area contributed by atoms with Crippen molar-refractivity contribution >= 4 is 28.8 Å². The summed E-state index contributed by atoms with van der Waals surface area (Å²) in [7, 11) is 0. The Balaban J connectivity index is 1.69. The zero-order valence-corrected chi connectivity index (χ0v) is 13.4. The molecule has 6 nitrogen and oxygen atoms in total. The van der Waals surface area contributed by atoms with Gasteiger partial charge in [-0.3, -0.25) is 9.32 Å². The molecule has 0 fully saturated rings. The van der Waals surface area contributed by atoms with Gasteiger partial charge in [-0.15, -0.1) is 11.3 Å². The molecule has 0 saturated carbocycles. The van der Waals surface area contributed by atoms with Crippen LogP contribution in [-0.2, 0) is 17.9 Å². The van der Waals surface area contributed by atoms with Gasteiger partial charge in [0.25, 0.3) is 0 Å². The van der Waals surface area contributed by atoms with Gasteiger partial charge in [0.05, 0.1) is 4.88 Å². The van der Waals surface area contributed by atoms with Gasteiger partial charge in [-0.2, -0.15) is 0 Å². The van der Waals surface area contributed by atoms with E-state index in [0.717, 1.165) is 10.4 Å². The van der Waals surface area contributed by atoms with Gasteiger partial charge in [0.1, 0.15) is 6.54 Å². The van der Waals surface area contributed by atoms with Crippen molar-refractivity contribution in [2.24, 2.45) is 0 Å². The molecular formula is C15H12ClN3O3S. The molecule has 0 unspecified atom stereocenters. The fraction of sp³-hybridized carbons (Fsp3) is 0.133. The first kappa shape index (κ1) is 15.5. The first-order valence-corrected chi connectivity index (χ1v) is 8.01. The van der Waals surface area contributed by atoms with Crippen molar-refractivity contribution in [2.75, 3.05) is 0 Å². The number of nitrogens with one attached hydrogen (secondary N) is 1. The molecule has 3 aromatic rings. The Bertz CT molecular complexity index is 870. The first-order valence-electron chi connectivity index (χ1n) is 6.75. The van der Waals surface area contributed by atoms with Crippen LogP contribution in [0.5, 0.6) is 0 Å². The minimum absolute atomic E-state index is 0.157. The van der Waals surface area contributed by atoms with Gasteiger partial charge in [-0.25, -0.2) is 9.36 Å². The number of benzene rings is 1. The van der Waals surface area contributed by atoms with Crippen LogP contribution in [0.25, 0.3) is 10.7 Å². The SMILES string of the molecule is O=C(Cn1c(-c2cccs2)noc1=O)NCc1cccc(Cl)c1. The van der Waals surface area contributed by atoms with Crippen molar-refractivity contribution in [3.8, 4) is 10.7 Å². The summed E-state index contributed by atoms with van der Waals surface area (Å²) >= 11 is 7.31. The Labute approximate surface area is 140 Å². The van der Waals surface area contributed by atoms with Crippen molar-refractivity contribution < 1.29 is 9.32 Å². The number of carbonyl (C=O) groups is 1. The van der Waals surface area contributed by atoms with E-state index in [1.807, 2.05) is 29.6 Å². The fourth-order valence-corrected chi connectivity index (χ4v) is 2.96. The molecule has 3 rings (SSSR count). The van der Waals surface area contributed by atoms with E-state index in [-0.39, 0.29) is 12.5 Å². The quantitative estimate of drug-likeness (QED) is 0.767. The van der Waals surface area contributed by atoms with Crippen LogP contribution < -0.4 is 11.1 Å². The molecule has 2 aromatic heterocycles. The third kappa shape index (κ3) is 3.69. The molecule has 118 valence electrons.